The average molecular weight is 545 g/mol. The Kier molecular flexibility index (Phi) is 17.8. The normalized spacial score (nSPS) is 12.3. The number of hydrogen-bond donors (Lipinski definition) is 0. The zero-order valence-corrected chi connectivity index (χ0v) is 26.0. The van der Waals surface area contributed by atoms with E-state index in [0.717, 1.165) is 63.2 Å². The number of rotatable bonds is 24. The summed E-state index contributed by atoms with van der Waals surface area (Å²) in [7, 11) is 0. The highest BCUT2D eigenvalue weighted by Gasteiger charge is 2.35. The van der Waals surface area contributed by atoms with E-state index in [2.05, 4.69) is 55.4 Å². The Morgan fingerprint density at radius 2 is 0.811 bits per heavy atom. The first-order chi connectivity index (χ1) is 17.7. The quantitative estimate of drug-likeness (QED) is 0.125. The smallest absolute Gasteiger partial charge is 0.176 e. The molecule has 37 heavy (non-hydrogen) atoms. The second-order valence-electron chi connectivity index (χ2n) is 10.7. The number of thiophene rings is 1. The van der Waals surface area contributed by atoms with Crippen LogP contribution >= 0.6 is 11.3 Å². The van der Waals surface area contributed by atoms with Crippen molar-refractivity contribution in [2.24, 2.45) is 0 Å². The molecule has 0 bridgehead atoms. The van der Waals surface area contributed by atoms with E-state index in [-0.39, 0.29) is 10.8 Å². The Balaban J connectivity index is 2.84. The van der Waals surface area contributed by atoms with Crippen molar-refractivity contribution >= 4 is 11.3 Å². The van der Waals surface area contributed by atoms with Gasteiger partial charge in [-0.2, -0.15) is 0 Å². The zero-order valence-electron chi connectivity index (χ0n) is 25.2. The van der Waals surface area contributed by atoms with Crippen molar-refractivity contribution in [3.63, 3.8) is 0 Å². The fourth-order valence-corrected chi connectivity index (χ4v) is 4.95. The molecule has 0 aliphatic rings. The minimum absolute atomic E-state index is 0.0134. The predicted molar refractivity (Wildman–Crippen MR) is 155 cm³/mol. The summed E-state index contributed by atoms with van der Waals surface area (Å²) < 4.78 is 35.5. The maximum Gasteiger partial charge on any atom is 0.176 e. The number of unbranched alkanes of at least 4 members (excludes halogenated alkanes) is 2. The van der Waals surface area contributed by atoms with Gasteiger partial charge in [-0.3, -0.25) is 0 Å². The van der Waals surface area contributed by atoms with Gasteiger partial charge in [-0.25, -0.2) is 0 Å². The molecular weight excluding hydrogens is 488 g/mol. The van der Waals surface area contributed by atoms with Crippen LogP contribution in [0.15, 0.2) is 0 Å². The highest BCUT2D eigenvalue weighted by molar-refractivity contribution is 7.13. The summed E-state index contributed by atoms with van der Waals surface area (Å²) in [5, 5.41) is 0. The van der Waals surface area contributed by atoms with Crippen LogP contribution in [0, 0.1) is 0 Å². The van der Waals surface area contributed by atoms with Gasteiger partial charge in [0.25, 0.3) is 0 Å². The summed E-state index contributed by atoms with van der Waals surface area (Å²) in [6.07, 6.45) is 6.51. The molecule has 0 unspecified atom stereocenters. The van der Waals surface area contributed by atoms with Crippen molar-refractivity contribution in [3.8, 4) is 11.5 Å². The van der Waals surface area contributed by atoms with Gasteiger partial charge in [0.15, 0.2) is 11.5 Å². The molecule has 0 fully saturated rings. The average Bonchev–Trinajstić information content (AvgIpc) is 3.26. The van der Waals surface area contributed by atoms with E-state index in [1.165, 1.54) is 9.75 Å². The third-order valence-electron chi connectivity index (χ3n) is 6.80. The van der Waals surface area contributed by atoms with Crippen molar-refractivity contribution in [1.82, 2.24) is 0 Å². The molecule has 1 aromatic heterocycles. The fraction of sp³-hybridized carbons (Fsp3) is 0.867. The van der Waals surface area contributed by atoms with Gasteiger partial charge in [-0.15, -0.1) is 11.3 Å². The Morgan fingerprint density at radius 3 is 1.14 bits per heavy atom. The van der Waals surface area contributed by atoms with E-state index in [9.17, 15) is 0 Å². The molecule has 218 valence electrons. The molecule has 7 heteroatoms. The number of hydrogen-bond acceptors (Lipinski definition) is 7. The predicted octanol–water partition coefficient (Wildman–Crippen LogP) is 7.55. The van der Waals surface area contributed by atoms with E-state index in [1.54, 1.807) is 0 Å². The van der Waals surface area contributed by atoms with Crippen LogP contribution in [0.3, 0.4) is 0 Å². The Labute approximate surface area is 231 Å². The lowest BCUT2D eigenvalue weighted by Crippen LogP contribution is -2.18. The van der Waals surface area contributed by atoms with Crippen molar-refractivity contribution in [2.45, 2.75) is 105 Å². The molecule has 0 aliphatic heterocycles. The van der Waals surface area contributed by atoms with Gasteiger partial charge in [0.1, 0.15) is 13.2 Å². The van der Waals surface area contributed by atoms with Crippen LogP contribution in [0.1, 0.15) is 104 Å². The first-order valence-electron chi connectivity index (χ1n) is 14.5. The molecule has 0 aromatic carbocycles. The minimum Gasteiger partial charge on any atom is -0.486 e. The second-order valence-corrected chi connectivity index (χ2v) is 11.8. The first kappa shape index (κ1) is 34.2. The fourth-order valence-electron chi connectivity index (χ4n) is 3.42. The third kappa shape index (κ3) is 12.7. The Hall–Kier alpha value is -0.860. The molecule has 0 amide bonds. The summed E-state index contributed by atoms with van der Waals surface area (Å²) in [6, 6.07) is 0. The monoisotopic (exact) mass is 544 g/mol. The van der Waals surface area contributed by atoms with Gasteiger partial charge < -0.3 is 28.4 Å². The highest BCUT2D eigenvalue weighted by atomic mass is 32.1. The summed E-state index contributed by atoms with van der Waals surface area (Å²) in [6.45, 7) is 23.9. The van der Waals surface area contributed by atoms with Crippen LogP contribution < -0.4 is 9.47 Å². The van der Waals surface area contributed by atoms with E-state index in [4.69, 9.17) is 28.4 Å². The van der Waals surface area contributed by atoms with Gasteiger partial charge in [0.05, 0.1) is 49.4 Å². The molecule has 0 atom stereocenters. The molecule has 6 nitrogen and oxygen atoms in total. The molecule has 0 N–H and O–H groups in total. The van der Waals surface area contributed by atoms with Crippen molar-refractivity contribution in [2.75, 3.05) is 66.1 Å². The van der Waals surface area contributed by atoms with Crippen LogP contribution in [0.5, 0.6) is 11.5 Å². The molecule has 0 saturated heterocycles. The Bertz CT molecular complexity index is 644. The first-order valence-corrected chi connectivity index (χ1v) is 15.3. The molecule has 0 aliphatic carbocycles. The molecule has 1 heterocycles. The van der Waals surface area contributed by atoms with Crippen LogP contribution in [0.2, 0.25) is 0 Å². The van der Waals surface area contributed by atoms with Gasteiger partial charge in [-0.1, -0.05) is 68.2 Å². The van der Waals surface area contributed by atoms with Crippen molar-refractivity contribution in [3.05, 3.63) is 9.75 Å². The van der Waals surface area contributed by atoms with E-state index in [0.29, 0.717) is 52.9 Å². The topological polar surface area (TPSA) is 55.4 Å². The third-order valence-corrected chi connectivity index (χ3v) is 8.68. The lowest BCUT2D eigenvalue weighted by Gasteiger charge is -2.23. The van der Waals surface area contributed by atoms with E-state index >= 15 is 0 Å². The van der Waals surface area contributed by atoms with Gasteiger partial charge in [-0.05, 0) is 25.7 Å². The molecular formula is C30H56O6S. The maximum absolute atomic E-state index is 6.41. The molecule has 0 spiro atoms. The molecule has 0 radical (unpaired) electrons. The van der Waals surface area contributed by atoms with E-state index in [1.807, 2.05) is 11.3 Å². The van der Waals surface area contributed by atoms with Crippen molar-refractivity contribution < 1.29 is 28.4 Å². The summed E-state index contributed by atoms with van der Waals surface area (Å²) in [5.41, 5.74) is -0.0268. The lowest BCUT2D eigenvalue weighted by atomic mass is 9.86. The minimum atomic E-state index is -0.0134. The van der Waals surface area contributed by atoms with Crippen LogP contribution in [0.25, 0.3) is 0 Å². The second kappa shape index (κ2) is 19.2. The maximum atomic E-state index is 6.41. The Morgan fingerprint density at radius 1 is 0.486 bits per heavy atom. The van der Waals surface area contributed by atoms with Crippen LogP contribution in [-0.2, 0) is 29.8 Å². The number of ether oxygens (including phenoxy) is 6. The highest BCUT2D eigenvalue weighted by Crippen LogP contribution is 2.53. The van der Waals surface area contributed by atoms with Crippen LogP contribution in [0.4, 0.5) is 0 Å². The lowest BCUT2D eigenvalue weighted by molar-refractivity contribution is 0.0321. The molecule has 0 saturated carbocycles. The van der Waals surface area contributed by atoms with E-state index < -0.39 is 0 Å². The summed E-state index contributed by atoms with van der Waals surface area (Å²) in [5.74, 6) is 1.75. The van der Waals surface area contributed by atoms with Gasteiger partial charge in [0, 0.05) is 24.0 Å². The largest absolute Gasteiger partial charge is 0.486 e. The van der Waals surface area contributed by atoms with Gasteiger partial charge >= 0.3 is 0 Å². The van der Waals surface area contributed by atoms with Crippen molar-refractivity contribution in [1.29, 1.82) is 0 Å². The molecule has 1 rings (SSSR count). The van der Waals surface area contributed by atoms with Gasteiger partial charge in [0.2, 0.25) is 0 Å². The summed E-state index contributed by atoms with van der Waals surface area (Å²) in [4.78, 5) is 2.49. The summed E-state index contributed by atoms with van der Waals surface area (Å²) >= 11 is 1.84. The molecule has 1 aromatic rings. The van der Waals surface area contributed by atoms with Crippen LogP contribution in [-0.4, -0.2) is 66.1 Å². The standard InChI is InChI=1S/C30H56O6S/c1-9-13-15-31-17-19-33-21-23-35-25-26(36-24-22-34-20-18-32-16-14-10-2)28(30(7,8)12-4)37-27(25)29(5,6)11-3/h9-24H2,1-8H3. The zero-order chi connectivity index (χ0) is 27.6. The SMILES string of the molecule is CCCCOCCOCCOc1c(C(C)(C)CC)sc(C(C)(C)CC)c1OCCOCCOCCCC.